The van der Waals surface area contributed by atoms with Gasteiger partial charge >= 0.3 is 0 Å². The molecule has 1 aromatic heterocycles. The van der Waals surface area contributed by atoms with Crippen molar-refractivity contribution in [3.05, 3.63) is 29.5 Å². The van der Waals surface area contributed by atoms with Crippen molar-refractivity contribution in [2.75, 3.05) is 26.7 Å². The molecule has 2 aliphatic rings. The fraction of sp³-hybridized carbons (Fsp3) is 0.550. The fourth-order valence-electron chi connectivity index (χ4n) is 4.30. The van der Waals surface area contributed by atoms with E-state index in [2.05, 4.69) is 16.8 Å². The number of aromatic nitrogens is 1. The molecule has 1 aromatic carbocycles. The van der Waals surface area contributed by atoms with Gasteiger partial charge in [0.2, 0.25) is 0 Å². The van der Waals surface area contributed by atoms with Crippen LogP contribution in [0.4, 0.5) is 0 Å². The van der Waals surface area contributed by atoms with Crippen LogP contribution in [0, 0.1) is 6.92 Å². The zero-order valence-corrected chi connectivity index (χ0v) is 15.3. The summed E-state index contributed by atoms with van der Waals surface area (Å²) in [5.41, 5.74) is 2.71. The fourth-order valence-corrected chi connectivity index (χ4v) is 4.30. The number of rotatable bonds is 3. The van der Waals surface area contributed by atoms with E-state index >= 15 is 0 Å². The number of nitrogens with one attached hydrogen (secondary N) is 1. The van der Waals surface area contributed by atoms with Crippen molar-refractivity contribution in [3.8, 4) is 5.75 Å². The summed E-state index contributed by atoms with van der Waals surface area (Å²) in [6, 6.07) is 7.07. The third-order valence-electron chi connectivity index (χ3n) is 5.95. The van der Waals surface area contributed by atoms with Crippen LogP contribution in [0.2, 0.25) is 0 Å². The predicted octanol–water partition coefficient (Wildman–Crippen LogP) is 3.18. The number of amides is 1. The van der Waals surface area contributed by atoms with Gasteiger partial charge in [-0.05, 0) is 57.0 Å². The second-order valence-corrected chi connectivity index (χ2v) is 7.48. The van der Waals surface area contributed by atoms with E-state index in [9.17, 15) is 4.79 Å². The SMILES string of the molecule is COc1ccc2[nH]c(C(=O)N3CC(N4CCCCC4C)C3)c(C)c2c1. The van der Waals surface area contributed by atoms with Crippen LogP contribution in [0.15, 0.2) is 18.2 Å². The number of nitrogens with zero attached hydrogens (tertiary/aromatic N) is 2. The highest BCUT2D eigenvalue weighted by molar-refractivity contribution is 6.01. The van der Waals surface area contributed by atoms with E-state index in [-0.39, 0.29) is 5.91 Å². The van der Waals surface area contributed by atoms with Crippen molar-refractivity contribution in [1.29, 1.82) is 0 Å². The molecule has 4 rings (SSSR count). The van der Waals surface area contributed by atoms with E-state index in [0.29, 0.717) is 17.8 Å². The van der Waals surface area contributed by atoms with Crippen molar-refractivity contribution in [2.24, 2.45) is 0 Å². The van der Waals surface area contributed by atoms with Crippen molar-refractivity contribution < 1.29 is 9.53 Å². The number of carbonyl (C=O) groups is 1. The number of hydrogen-bond donors (Lipinski definition) is 1. The van der Waals surface area contributed by atoms with Crippen LogP contribution < -0.4 is 4.74 Å². The smallest absolute Gasteiger partial charge is 0.270 e. The maximum atomic E-state index is 12.9. The van der Waals surface area contributed by atoms with Gasteiger partial charge in [0.05, 0.1) is 7.11 Å². The van der Waals surface area contributed by atoms with Gasteiger partial charge < -0.3 is 14.6 Å². The number of piperidine rings is 1. The molecule has 5 nitrogen and oxygen atoms in total. The monoisotopic (exact) mass is 341 g/mol. The number of aryl methyl sites for hydroxylation is 1. The molecule has 2 aromatic rings. The molecule has 1 N–H and O–H groups in total. The average Bonchev–Trinajstić information content (AvgIpc) is 2.91. The summed E-state index contributed by atoms with van der Waals surface area (Å²) in [6.07, 6.45) is 3.91. The second kappa shape index (κ2) is 6.37. The average molecular weight is 341 g/mol. The van der Waals surface area contributed by atoms with Gasteiger partial charge in [0.25, 0.3) is 5.91 Å². The number of aromatic amines is 1. The first-order chi connectivity index (χ1) is 12.1. The minimum atomic E-state index is 0.119. The largest absolute Gasteiger partial charge is 0.497 e. The Kier molecular flexibility index (Phi) is 4.20. The Morgan fingerprint density at radius 1 is 1.28 bits per heavy atom. The summed E-state index contributed by atoms with van der Waals surface area (Å²) in [5.74, 6) is 0.935. The van der Waals surface area contributed by atoms with Crippen molar-refractivity contribution in [3.63, 3.8) is 0 Å². The highest BCUT2D eigenvalue weighted by Crippen LogP contribution is 2.29. The molecule has 134 valence electrons. The molecule has 1 amide bonds. The van der Waals surface area contributed by atoms with Crippen LogP contribution in [0.1, 0.15) is 42.2 Å². The first-order valence-electron chi connectivity index (χ1n) is 9.30. The maximum absolute atomic E-state index is 12.9. The number of carbonyl (C=O) groups excluding carboxylic acids is 1. The van der Waals surface area contributed by atoms with Gasteiger partial charge in [-0.1, -0.05) is 6.42 Å². The summed E-state index contributed by atoms with van der Waals surface area (Å²) < 4.78 is 5.30. The Bertz CT molecular complexity index is 792. The quantitative estimate of drug-likeness (QED) is 0.933. The van der Waals surface area contributed by atoms with Crippen LogP contribution in [0.3, 0.4) is 0 Å². The predicted molar refractivity (Wildman–Crippen MR) is 99.3 cm³/mol. The van der Waals surface area contributed by atoms with E-state index in [0.717, 1.165) is 35.3 Å². The molecule has 0 aliphatic carbocycles. The zero-order chi connectivity index (χ0) is 17.6. The lowest BCUT2D eigenvalue weighted by molar-refractivity contribution is 0.00182. The van der Waals surface area contributed by atoms with Crippen LogP contribution in [-0.4, -0.2) is 59.5 Å². The van der Waals surface area contributed by atoms with E-state index in [1.165, 1.54) is 25.8 Å². The van der Waals surface area contributed by atoms with E-state index < -0.39 is 0 Å². The van der Waals surface area contributed by atoms with Crippen LogP contribution in [0.5, 0.6) is 5.75 Å². The summed E-state index contributed by atoms with van der Waals surface area (Å²) in [5, 5.41) is 1.06. The van der Waals surface area contributed by atoms with Gasteiger partial charge in [0.15, 0.2) is 0 Å². The summed E-state index contributed by atoms with van der Waals surface area (Å²) in [6.45, 7) is 7.20. The lowest BCUT2D eigenvalue weighted by Gasteiger charge is -2.49. The maximum Gasteiger partial charge on any atom is 0.270 e. The van der Waals surface area contributed by atoms with Crippen LogP contribution in [0.25, 0.3) is 10.9 Å². The molecule has 5 heteroatoms. The summed E-state index contributed by atoms with van der Waals surface area (Å²) in [7, 11) is 1.66. The first-order valence-corrected chi connectivity index (χ1v) is 9.30. The molecule has 0 radical (unpaired) electrons. The standard InChI is InChI=1S/C20H27N3O2/c1-13-6-4-5-9-23(13)15-11-22(12-15)20(24)19-14(2)17-10-16(25-3)7-8-18(17)21-19/h7-8,10,13,15,21H,4-6,9,11-12H2,1-3H3. The van der Waals surface area contributed by atoms with Gasteiger partial charge in [-0.25, -0.2) is 0 Å². The van der Waals surface area contributed by atoms with Crippen molar-refractivity contribution in [1.82, 2.24) is 14.8 Å². The number of H-pyrrole nitrogens is 1. The Morgan fingerprint density at radius 3 is 2.80 bits per heavy atom. The first kappa shape index (κ1) is 16.5. The number of benzene rings is 1. The second-order valence-electron chi connectivity index (χ2n) is 7.48. The third-order valence-corrected chi connectivity index (χ3v) is 5.95. The minimum absolute atomic E-state index is 0.119. The Balaban J connectivity index is 1.49. The van der Waals surface area contributed by atoms with Crippen LogP contribution in [-0.2, 0) is 0 Å². The molecule has 1 atom stereocenters. The topological polar surface area (TPSA) is 48.6 Å². The molecule has 3 heterocycles. The number of hydrogen-bond acceptors (Lipinski definition) is 3. The lowest BCUT2D eigenvalue weighted by atomic mass is 9.97. The number of methoxy groups -OCH3 is 1. The van der Waals surface area contributed by atoms with Gasteiger partial charge in [0.1, 0.15) is 11.4 Å². The summed E-state index contributed by atoms with van der Waals surface area (Å²) in [4.78, 5) is 20.8. The van der Waals surface area contributed by atoms with Gasteiger partial charge in [-0.15, -0.1) is 0 Å². The van der Waals surface area contributed by atoms with Gasteiger partial charge in [-0.2, -0.15) is 0 Å². The highest BCUT2D eigenvalue weighted by atomic mass is 16.5. The van der Waals surface area contributed by atoms with Crippen molar-refractivity contribution >= 4 is 16.8 Å². The lowest BCUT2D eigenvalue weighted by Crippen LogP contribution is -2.63. The zero-order valence-electron chi connectivity index (χ0n) is 15.3. The minimum Gasteiger partial charge on any atom is -0.497 e. The Hall–Kier alpha value is -2.01. The molecular weight excluding hydrogens is 314 g/mol. The normalized spacial score (nSPS) is 22.2. The van der Waals surface area contributed by atoms with Crippen molar-refractivity contribution in [2.45, 2.75) is 45.2 Å². The number of likely N-dealkylation sites (tertiary alicyclic amines) is 2. The molecule has 0 saturated carbocycles. The van der Waals surface area contributed by atoms with Gasteiger partial charge in [0, 0.05) is 36.1 Å². The molecule has 2 saturated heterocycles. The molecule has 1 unspecified atom stereocenters. The van der Waals surface area contributed by atoms with E-state index in [4.69, 9.17) is 4.74 Å². The number of ether oxygens (including phenoxy) is 1. The third kappa shape index (κ3) is 2.80. The van der Waals surface area contributed by atoms with E-state index in [1.54, 1.807) is 7.11 Å². The van der Waals surface area contributed by atoms with E-state index in [1.807, 2.05) is 30.0 Å². The molecule has 2 fully saturated rings. The Morgan fingerprint density at radius 2 is 2.08 bits per heavy atom. The molecular formula is C20H27N3O2. The molecule has 0 bridgehead atoms. The molecule has 0 spiro atoms. The molecule has 25 heavy (non-hydrogen) atoms. The highest BCUT2D eigenvalue weighted by Gasteiger charge is 2.38. The van der Waals surface area contributed by atoms with Gasteiger partial charge in [-0.3, -0.25) is 9.69 Å². The Labute approximate surface area is 148 Å². The molecule has 2 aliphatic heterocycles. The van der Waals surface area contributed by atoms with Crippen LogP contribution >= 0.6 is 0 Å². The summed E-state index contributed by atoms with van der Waals surface area (Å²) >= 11 is 0. The number of fused-ring (bicyclic) bond motifs is 1.